The number of nitro groups is 1. The van der Waals surface area contributed by atoms with Crippen LogP contribution in [0.2, 0.25) is 10.0 Å². The van der Waals surface area contributed by atoms with E-state index >= 15 is 4.39 Å². The van der Waals surface area contributed by atoms with Crippen LogP contribution in [0.4, 0.5) is 15.8 Å². The SMILES string of the molecule is COC(=O)c1ccc(CN[C@H]2[C@@H](CO)N(CCC3CC3)[C@]3(C(=O)Nc4cc(Cl)ccc43)[C@@H]2c2cccc(Cl)c2F)c([N+](=O)[O-])c1. The molecule has 1 saturated heterocycles. The number of hydrogen-bond donors (Lipinski definition) is 3. The van der Waals surface area contributed by atoms with Crippen molar-refractivity contribution in [2.24, 2.45) is 5.92 Å². The fourth-order valence-electron chi connectivity index (χ4n) is 7.07. The number of fused-ring (bicyclic) bond motifs is 2. The molecule has 2 heterocycles. The Kier molecular flexibility index (Phi) is 8.57. The molecule has 10 nitrogen and oxygen atoms in total. The Bertz CT molecular complexity index is 1690. The molecule has 45 heavy (non-hydrogen) atoms. The molecule has 1 spiro atoms. The zero-order valence-electron chi connectivity index (χ0n) is 24.3. The maximum Gasteiger partial charge on any atom is 0.338 e. The topological polar surface area (TPSA) is 134 Å². The highest BCUT2D eigenvalue weighted by Gasteiger charge is 2.67. The molecule has 2 fully saturated rings. The number of halogens is 3. The number of carbonyl (C=O) groups is 2. The molecular formula is C32H31Cl2FN4O6. The van der Waals surface area contributed by atoms with Crippen LogP contribution in [0.3, 0.4) is 0 Å². The molecule has 0 bridgehead atoms. The van der Waals surface area contributed by atoms with E-state index in [-0.39, 0.29) is 40.6 Å². The molecule has 1 aliphatic carbocycles. The van der Waals surface area contributed by atoms with Crippen LogP contribution in [-0.4, -0.2) is 59.2 Å². The Labute approximate surface area is 268 Å². The highest BCUT2D eigenvalue weighted by atomic mass is 35.5. The van der Waals surface area contributed by atoms with Gasteiger partial charge in [0.15, 0.2) is 0 Å². The van der Waals surface area contributed by atoms with Crippen molar-refractivity contribution in [2.75, 3.05) is 25.6 Å². The van der Waals surface area contributed by atoms with Crippen molar-refractivity contribution in [1.29, 1.82) is 0 Å². The average molecular weight is 658 g/mol. The average Bonchev–Trinajstić information content (AvgIpc) is 3.76. The number of amides is 1. The predicted molar refractivity (Wildman–Crippen MR) is 166 cm³/mol. The summed E-state index contributed by atoms with van der Waals surface area (Å²) in [5.41, 5.74) is -0.260. The number of nitrogens with one attached hydrogen (secondary N) is 2. The molecule has 236 valence electrons. The van der Waals surface area contributed by atoms with Crippen LogP contribution in [0.1, 0.15) is 52.2 Å². The van der Waals surface area contributed by atoms with Gasteiger partial charge in [-0.15, -0.1) is 0 Å². The predicted octanol–water partition coefficient (Wildman–Crippen LogP) is 5.39. The molecule has 0 radical (unpaired) electrons. The number of hydrogen-bond acceptors (Lipinski definition) is 8. The third-order valence-corrected chi connectivity index (χ3v) is 9.80. The van der Waals surface area contributed by atoms with E-state index in [4.69, 9.17) is 27.9 Å². The summed E-state index contributed by atoms with van der Waals surface area (Å²) >= 11 is 12.6. The van der Waals surface area contributed by atoms with Crippen molar-refractivity contribution in [3.63, 3.8) is 0 Å². The maximum atomic E-state index is 16.1. The fourth-order valence-corrected chi connectivity index (χ4v) is 7.43. The molecule has 3 N–H and O–H groups in total. The van der Waals surface area contributed by atoms with Crippen LogP contribution in [0.25, 0.3) is 0 Å². The lowest BCUT2D eigenvalue weighted by Crippen LogP contribution is -2.53. The number of nitro benzene ring substituents is 1. The minimum atomic E-state index is -1.47. The number of esters is 1. The Morgan fingerprint density at radius 2 is 2.00 bits per heavy atom. The molecule has 13 heteroatoms. The number of aliphatic hydroxyl groups excluding tert-OH is 1. The molecule has 3 aromatic rings. The quantitative estimate of drug-likeness (QED) is 0.150. The molecule has 0 unspecified atom stereocenters. The summed E-state index contributed by atoms with van der Waals surface area (Å²) in [6.07, 6.45) is 2.91. The third kappa shape index (κ3) is 5.36. The minimum absolute atomic E-state index is 0.0176. The van der Waals surface area contributed by atoms with Gasteiger partial charge in [-0.3, -0.25) is 19.8 Å². The van der Waals surface area contributed by atoms with Gasteiger partial charge in [-0.1, -0.05) is 60.3 Å². The van der Waals surface area contributed by atoms with E-state index in [1.54, 1.807) is 30.3 Å². The van der Waals surface area contributed by atoms with Crippen molar-refractivity contribution < 1.29 is 28.7 Å². The van der Waals surface area contributed by atoms with Crippen molar-refractivity contribution in [2.45, 2.75) is 49.3 Å². The number of carbonyl (C=O) groups excluding carboxylic acids is 2. The third-order valence-electron chi connectivity index (χ3n) is 9.27. The Morgan fingerprint density at radius 3 is 2.69 bits per heavy atom. The lowest BCUT2D eigenvalue weighted by Gasteiger charge is -2.39. The molecule has 1 amide bonds. The van der Waals surface area contributed by atoms with Gasteiger partial charge >= 0.3 is 5.97 Å². The monoisotopic (exact) mass is 656 g/mol. The second-order valence-corrected chi connectivity index (χ2v) is 12.5. The lowest BCUT2D eigenvalue weighted by atomic mass is 9.73. The smallest absolute Gasteiger partial charge is 0.338 e. The highest BCUT2D eigenvalue weighted by Crippen LogP contribution is 2.58. The second kappa shape index (κ2) is 12.3. The fraction of sp³-hybridized carbons (Fsp3) is 0.375. The number of aliphatic hydroxyl groups is 1. The number of rotatable bonds is 10. The van der Waals surface area contributed by atoms with Gasteiger partial charge < -0.3 is 20.5 Å². The Morgan fingerprint density at radius 1 is 1.22 bits per heavy atom. The molecule has 1 saturated carbocycles. The Hall–Kier alpha value is -3.61. The first-order valence-corrected chi connectivity index (χ1v) is 15.4. The van der Waals surface area contributed by atoms with E-state index < -0.39 is 46.2 Å². The van der Waals surface area contributed by atoms with Crippen molar-refractivity contribution in [1.82, 2.24) is 10.2 Å². The van der Waals surface area contributed by atoms with Gasteiger partial charge in [0.2, 0.25) is 5.91 Å². The first kappa shape index (κ1) is 31.4. The van der Waals surface area contributed by atoms with Gasteiger partial charge in [0, 0.05) is 53.0 Å². The van der Waals surface area contributed by atoms with E-state index in [1.807, 2.05) is 4.90 Å². The summed E-state index contributed by atoms with van der Waals surface area (Å²) < 4.78 is 20.8. The summed E-state index contributed by atoms with van der Waals surface area (Å²) in [6, 6.07) is 12.2. The summed E-state index contributed by atoms with van der Waals surface area (Å²) in [5, 5.41) is 29.6. The zero-order valence-corrected chi connectivity index (χ0v) is 25.8. The highest BCUT2D eigenvalue weighted by molar-refractivity contribution is 6.31. The summed E-state index contributed by atoms with van der Waals surface area (Å²) in [4.78, 5) is 39.8. The van der Waals surface area contributed by atoms with Crippen LogP contribution < -0.4 is 10.6 Å². The number of likely N-dealkylation sites (tertiary alicyclic amines) is 1. The zero-order chi connectivity index (χ0) is 32.0. The molecule has 4 atom stereocenters. The summed E-state index contributed by atoms with van der Waals surface area (Å²) in [6.45, 7) is -0.0299. The normalized spacial score (nSPS) is 24.1. The van der Waals surface area contributed by atoms with Crippen molar-refractivity contribution in [3.8, 4) is 0 Å². The number of methoxy groups -OCH3 is 1. The van der Waals surface area contributed by atoms with E-state index in [2.05, 4.69) is 10.6 Å². The molecule has 3 aliphatic rings. The number of anilines is 1. The van der Waals surface area contributed by atoms with E-state index in [9.17, 15) is 24.8 Å². The molecular weight excluding hydrogens is 626 g/mol. The molecule has 2 aliphatic heterocycles. The van der Waals surface area contributed by atoms with E-state index in [1.165, 1.54) is 25.3 Å². The van der Waals surface area contributed by atoms with Gasteiger partial charge in [-0.2, -0.15) is 0 Å². The van der Waals surface area contributed by atoms with Gasteiger partial charge in [0.05, 0.1) is 35.3 Å². The molecule has 6 rings (SSSR count). The molecule has 0 aromatic heterocycles. The van der Waals surface area contributed by atoms with Crippen molar-refractivity contribution >= 4 is 46.5 Å². The van der Waals surface area contributed by atoms with Gasteiger partial charge in [-0.05, 0) is 42.2 Å². The molecule has 3 aromatic carbocycles. The van der Waals surface area contributed by atoms with Crippen LogP contribution >= 0.6 is 23.2 Å². The first-order valence-electron chi connectivity index (χ1n) is 14.6. The van der Waals surface area contributed by atoms with E-state index in [0.717, 1.165) is 25.3 Å². The maximum absolute atomic E-state index is 16.1. The number of nitrogens with zero attached hydrogens (tertiary/aromatic N) is 2. The Balaban J connectivity index is 1.51. The van der Waals surface area contributed by atoms with Gasteiger partial charge in [-0.25, -0.2) is 9.18 Å². The summed E-state index contributed by atoms with van der Waals surface area (Å²) in [5.74, 6) is -2.25. The lowest BCUT2D eigenvalue weighted by molar-refractivity contribution is -0.385. The van der Waals surface area contributed by atoms with Crippen LogP contribution in [-0.2, 0) is 21.6 Å². The number of benzene rings is 3. The standard InChI is InChI=1S/C32H31Cl2FN4O6/c1-45-30(41)18-7-8-19(25(13-18)39(43)44)15-36-29-26(16-40)38(12-11-17-5-6-17)32(27(29)21-3-2-4-23(34)28(21)35)22-10-9-20(33)14-24(22)37-31(32)42/h2-4,7-10,13-14,17,26-27,29,36,40H,5-6,11-12,15-16H2,1H3,(H,37,42)/t26-,27-,29+,32+/m1/s1. The van der Waals surface area contributed by atoms with Gasteiger partial charge in [0.1, 0.15) is 11.4 Å². The minimum Gasteiger partial charge on any atom is -0.465 e. The second-order valence-electron chi connectivity index (χ2n) is 11.7. The van der Waals surface area contributed by atoms with E-state index in [0.29, 0.717) is 28.7 Å². The van der Waals surface area contributed by atoms with Crippen molar-refractivity contribution in [3.05, 3.63) is 103 Å². The van der Waals surface area contributed by atoms with Crippen LogP contribution in [0, 0.1) is 21.8 Å². The van der Waals surface area contributed by atoms with Crippen LogP contribution in [0.15, 0.2) is 54.6 Å². The van der Waals surface area contributed by atoms with Gasteiger partial charge in [0.25, 0.3) is 5.69 Å². The largest absolute Gasteiger partial charge is 0.465 e. The first-order chi connectivity index (χ1) is 21.6. The van der Waals surface area contributed by atoms with Crippen LogP contribution in [0.5, 0.6) is 0 Å². The number of ether oxygens (including phenoxy) is 1. The summed E-state index contributed by atoms with van der Waals surface area (Å²) in [7, 11) is 1.18.